The van der Waals surface area contributed by atoms with E-state index in [0.717, 1.165) is 49.2 Å². The summed E-state index contributed by atoms with van der Waals surface area (Å²) < 4.78 is 17.1. The Kier molecular flexibility index (Phi) is 10.6. The highest BCUT2D eigenvalue weighted by Crippen LogP contribution is 2.36. The Balaban J connectivity index is 1.39. The van der Waals surface area contributed by atoms with Gasteiger partial charge in [-0.15, -0.1) is 0 Å². The molecule has 2 atom stereocenters. The molecule has 0 heterocycles. The molecule has 1 aliphatic carbocycles. The molecule has 0 N–H and O–H groups in total. The zero-order valence-electron chi connectivity index (χ0n) is 20.4. The van der Waals surface area contributed by atoms with Crippen LogP contribution in [0.2, 0.25) is 0 Å². The van der Waals surface area contributed by atoms with E-state index in [1.54, 1.807) is 36.4 Å². The van der Waals surface area contributed by atoms with Crippen LogP contribution >= 0.6 is 0 Å². The molecule has 0 aliphatic heterocycles. The van der Waals surface area contributed by atoms with E-state index in [1.807, 2.05) is 12.1 Å². The van der Waals surface area contributed by atoms with Gasteiger partial charge in [-0.3, -0.25) is 0 Å². The van der Waals surface area contributed by atoms with Gasteiger partial charge in [-0.05, 0) is 79.6 Å². The molecule has 180 valence electrons. The summed E-state index contributed by atoms with van der Waals surface area (Å²) in [5.74, 6) is 3.52. The highest BCUT2D eigenvalue weighted by Gasteiger charge is 2.23. The van der Waals surface area contributed by atoms with Crippen LogP contribution in [0.25, 0.3) is 0 Å². The van der Waals surface area contributed by atoms with Gasteiger partial charge in [0, 0.05) is 0 Å². The van der Waals surface area contributed by atoms with Crippen LogP contribution < -0.4 is 14.2 Å². The van der Waals surface area contributed by atoms with Gasteiger partial charge in [-0.25, -0.2) is 4.79 Å². The topological polar surface area (TPSA) is 44.8 Å². The summed E-state index contributed by atoms with van der Waals surface area (Å²) in [6.07, 6.45) is 12.8. The molecule has 0 amide bonds. The zero-order valence-corrected chi connectivity index (χ0v) is 20.4. The van der Waals surface area contributed by atoms with Gasteiger partial charge >= 0.3 is 5.97 Å². The molecule has 1 saturated carbocycles. The van der Waals surface area contributed by atoms with Crippen LogP contribution in [0.4, 0.5) is 0 Å². The van der Waals surface area contributed by atoms with Gasteiger partial charge in [0.1, 0.15) is 17.2 Å². The van der Waals surface area contributed by atoms with Gasteiger partial charge in [0.25, 0.3) is 0 Å². The van der Waals surface area contributed by atoms with E-state index in [9.17, 15) is 4.79 Å². The normalized spacial score (nSPS) is 18.0. The third kappa shape index (κ3) is 8.42. The summed E-state index contributed by atoms with van der Waals surface area (Å²) in [6.45, 7) is 5.85. The fourth-order valence-corrected chi connectivity index (χ4v) is 4.74. The number of carbonyl (C=O) groups is 1. The first kappa shape index (κ1) is 25.1. The molecule has 0 radical (unpaired) electrons. The van der Waals surface area contributed by atoms with E-state index < -0.39 is 0 Å². The van der Waals surface area contributed by atoms with Gasteiger partial charge in [-0.2, -0.15) is 0 Å². The van der Waals surface area contributed by atoms with Gasteiger partial charge in [0.2, 0.25) is 0 Å². The number of benzene rings is 2. The number of hydrogen-bond donors (Lipinski definition) is 0. The molecule has 0 spiro atoms. The molecule has 0 bridgehead atoms. The van der Waals surface area contributed by atoms with Crippen molar-refractivity contribution in [1.29, 1.82) is 0 Å². The fourth-order valence-electron chi connectivity index (χ4n) is 4.74. The Hall–Kier alpha value is -2.49. The molecular formula is C29H40O4. The average molecular weight is 453 g/mol. The minimum absolute atomic E-state index is 0.377. The predicted molar refractivity (Wildman–Crippen MR) is 133 cm³/mol. The maximum absolute atomic E-state index is 12.4. The fraction of sp³-hybridized carbons (Fsp3) is 0.552. The smallest absolute Gasteiger partial charge is 0.343 e. The second-order valence-electron chi connectivity index (χ2n) is 9.17. The van der Waals surface area contributed by atoms with Crippen molar-refractivity contribution in [2.24, 2.45) is 11.8 Å². The molecule has 0 aromatic heterocycles. The lowest BCUT2D eigenvalue weighted by Crippen LogP contribution is -2.20. The van der Waals surface area contributed by atoms with E-state index in [-0.39, 0.29) is 5.97 Å². The molecule has 0 saturated heterocycles. The van der Waals surface area contributed by atoms with Gasteiger partial charge < -0.3 is 14.2 Å². The number of unbranched alkanes of at least 4 members (excludes halogenated alkanes) is 1. The summed E-state index contributed by atoms with van der Waals surface area (Å²) in [5.41, 5.74) is 0.502. The van der Waals surface area contributed by atoms with Crippen molar-refractivity contribution in [3.05, 3.63) is 54.1 Å². The van der Waals surface area contributed by atoms with E-state index in [0.29, 0.717) is 17.9 Å². The number of rotatable bonds is 13. The van der Waals surface area contributed by atoms with Crippen LogP contribution in [-0.4, -0.2) is 19.2 Å². The Morgan fingerprint density at radius 2 is 1.27 bits per heavy atom. The second-order valence-corrected chi connectivity index (χ2v) is 9.17. The summed E-state index contributed by atoms with van der Waals surface area (Å²) >= 11 is 0. The third-order valence-corrected chi connectivity index (χ3v) is 6.60. The number of hydrogen-bond acceptors (Lipinski definition) is 4. The van der Waals surface area contributed by atoms with Crippen molar-refractivity contribution in [3.63, 3.8) is 0 Å². The largest absolute Gasteiger partial charge is 0.494 e. The Morgan fingerprint density at radius 1 is 0.727 bits per heavy atom. The van der Waals surface area contributed by atoms with E-state index in [2.05, 4.69) is 13.8 Å². The first-order chi connectivity index (χ1) is 16.2. The third-order valence-electron chi connectivity index (χ3n) is 6.60. The molecule has 2 unspecified atom stereocenters. The van der Waals surface area contributed by atoms with Crippen LogP contribution in [0.1, 0.15) is 88.4 Å². The first-order valence-corrected chi connectivity index (χ1v) is 12.9. The Bertz CT molecular complexity index is 811. The van der Waals surface area contributed by atoms with Crippen molar-refractivity contribution in [1.82, 2.24) is 0 Å². The molecule has 1 fully saturated rings. The van der Waals surface area contributed by atoms with Crippen LogP contribution in [-0.2, 0) is 0 Å². The molecule has 4 heteroatoms. The van der Waals surface area contributed by atoms with Crippen molar-refractivity contribution in [2.75, 3.05) is 13.2 Å². The molecule has 4 nitrogen and oxygen atoms in total. The van der Waals surface area contributed by atoms with Crippen molar-refractivity contribution in [2.45, 2.75) is 78.1 Å². The van der Waals surface area contributed by atoms with Gasteiger partial charge in [0.05, 0.1) is 18.8 Å². The first-order valence-electron chi connectivity index (χ1n) is 12.9. The minimum atomic E-state index is -0.377. The maximum Gasteiger partial charge on any atom is 0.343 e. The zero-order chi connectivity index (χ0) is 23.3. The summed E-state index contributed by atoms with van der Waals surface area (Å²) in [7, 11) is 0. The number of carbonyl (C=O) groups excluding carboxylic acids is 1. The average Bonchev–Trinajstić information content (AvgIpc) is 2.84. The van der Waals surface area contributed by atoms with Gasteiger partial charge in [0.15, 0.2) is 0 Å². The maximum atomic E-state index is 12.4. The molecular weight excluding hydrogens is 412 g/mol. The van der Waals surface area contributed by atoms with Crippen LogP contribution in [0.3, 0.4) is 0 Å². The van der Waals surface area contributed by atoms with Crippen LogP contribution in [0, 0.1) is 11.8 Å². The summed E-state index contributed by atoms with van der Waals surface area (Å²) in [5, 5.41) is 0. The van der Waals surface area contributed by atoms with Crippen LogP contribution in [0.15, 0.2) is 48.5 Å². The molecule has 33 heavy (non-hydrogen) atoms. The molecule has 2 aromatic rings. The standard InChI is InChI=1S/C29H40O4/c1-3-5-21-31-26-15-13-25(14-16-26)29(30)33-28-19-17-27(18-20-28)32-22-8-12-24-11-7-6-10-23(24)9-4-2/h13-20,23-24H,3-12,21-22H2,1-2H3. The van der Waals surface area contributed by atoms with E-state index >= 15 is 0 Å². The highest BCUT2D eigenvalue weighted by atomic mass is 16.5. The molecule has 1 aliphatic rings. The Labute approximate surface area is 199 Å². The summed E-state index contributed by atoms with van der Waals surface area (Å²) in [4.78, 5) is 12.4. The molecule has 3 rings (SSSR count). The number of esters is 1. The lowest BCUT2D eigenvalue weighted by molar-refractivity contribution is 0.0734. The monoisotopic (exact) mass is 452 g/mol. The van der Waals surface area contributed by atoms with Crippen molar-refractivity contribution >= 4 is 5.97 Å². The number of ether oxygens (including phenoxy) is 3. The SMILES string of the molecule is CCCCOc1ccc(C(=O)Oc2ccc(OCCCC3CCCCC3CCC)cc2)cc1. The summed E-state index contributed by atoms with van der Waals surface area (Å²) in [6, 6.07) is 14.4. The lowest BCUT2D eigenvalue weighted by atomic mass is 9.75. The van der Waals surface area contributed by atoms with Gasteiger partial charge in [-0.1, -0.05) is 58.8 Å². The predicted octanol–water partition coefficient (Wildman–Crippen LogP) is 7.85. The van der Waals surface area contributed by atoms with Crippen LogP contribution in [0.5, 0.6) is 17.2 Å². The van der Waals surface area contributed by atoms with E-state index in [4.69, 9.17) is 14.2 Å². The lowest BCUT2D eigenvalue weighted by Gasteiger charge is -2.31. The molecule has 2 aromatic carbocycles. The second kappa shape index (κ2) is 13.9. The quantitative estimate of drug-likeness (QED) is 0.176. The van der Waals surface area contributed by atoms with Crippen molar-refractivity contribution in [3.8, 4) is 17.2 Å². The van der Waals surface area contributed by atoms with Crippen molar-refractivity contribution < 1.29 is 19.0 Å². The van der Waals surface area contributed by atoms with E-state index in [1.165, 1.54) is 44.9 Å². The Morgan fingerprint density at radius 3 is 1.88 bits per heavy atom. The highest BCUT2D eigenvalue weighted by molar-refractivity contribution is 5.91. The minimum Gasteiger partial charge on any atom is -0.494 e.